The van der Waals surface area contributed by atoms with Crippen molar-refractivity contribution in [1.82, 2.24) is 10.4 Å². The van der Waals surface area contributed by atoms with Crippen LogP contribution in [0.2, 0.25) is 0 Å². The molecule has 0 radical (unpaired) electrons. The van der Waals surface area contributed by atoms with E-state index in [0.29, 0.717) is 33.5 Å². The largest absolute Gasteiger partial charge is 0.453 e. The number of carbonyl (C=O) groups is 1. The number of nitro groups is 1. The quantitative estimate of drug-likeness (QED) is 0.207. The van der Waals surface area contributed by atoms with Crippen molar-refractivity contribution in [3.63, 3.8) is 0 Å². The summed E-state index contributed by atoms with van der Waals surface area (Å²) in [5.74, 6) is 0.124. The minimum absolute atomic E-state index is 0.0610. The molecule has 0 fully saturated rings. The molecule has 1 N–H and O–H groups in total. The van der Waals surface area contributed by atoms with Crippen molar-refractivity contribution in [2.45, 2.75) is 0 Å². The first-order valence-electron chi connectivity index (χ1n) is 9.40. The lowest BCUT2D eigenvalue weighted by Gasteiger charge is -2.10. The number of non-ortho nitro benzene ring substituents is 1. The third kappa shape index (κ3) is 3.36. The summed E-state index contributed by atoms with van der Waals surface area (Å²) in [4.78, 5) is 27.6. The van der Waals surface area contributed by atoms with E-state index in [1.165, 1.54) is 18.2 Å². The zero-order valence-electron chi connectivity index (χ0n) is 16.0. The maximum Gasteiger partial charge on any atom is 0.271 e. The van der Waals surface area contributed by atoms with Gasteiger partial charge in [-0.15, -0.1) is 0 Å². The number of benzene rings is 4. The predicted molar refractivity (Wildman–Crippen MR) is 114 cm³/mol. The molecule has 3 aromatic rings. The lowest BCUT2D eigenvalue weighted by atomic mass is 10.0. The van der Waals surface area contributed by atoms with E-state index in [-0.39, 0.29) is 11.6 Å². The summed E-state index contributed by atoms with van der Waals surface area (Å²) < 4.78 is 5.96. The molecule has 0 bridgehead atoms. The second kappa shape index (κ2) is 7.34. The third-order valence-electron chi connectivity index (χ3n) is 4.88. The van der Waals surface area contributed by atoms with Crippen molar-refractivity contribution in [3.8, 4) is 11.5 Å². The molecule has 0 spiro atoms. The molecule has 150 valence electrons. The second-order valence-electron chi connectivity index (χ2n) is 6.83. The number of hydrogen-bond acceptors (Lipinski definition) is 6. The number of aromatic nitrogens is 1. The summed E-state index contributed by atoms with van der Waals surface area (Å²) in [6.07, 6.45) is 0. The molecule has 8 nitrogen and oxygen atoms in total. The van der Waals surface area contributed by atoms with Crippen LogP contribution in [0.1, 0.15) is 10.4 Å². The Morgan fingerprint density at radius 2 is 1.71 bits per heavy atom. The fourth-order valence-corrected chi connectivity index (χ4v) is 3.40. The van der Waals surface area contributed by atoms with Gasteiger partial charge in [-0.2, -0.15) is 5.10 Å². The van der Waals surface area contributed by atoms with E-state index in [2.05, 4.69) is 15.5 Å². The molecule has 0 saturated heterocycles. The zero-order valence-corrected chi connectivity index (χ0v) is 16.0. The Morgan fingerprint density at radius 3 is 2.48 bits per heavy atom. The van der Waals surface area contributed by atoms with Crippen molar-refractivity contribution in [2.24, 2.45) is 5.10 Å². The monoisotopic (exact) mass is 410 g/mol. The van der Waals surface area contributed by atoms with Gasteiger partial charge in [0.25, 0.3) is 11.6 Å². The predicted octanol–water partition coefficient (Wildman–Crippen LogP) is 4.24. The normalized spacial score (nSPS) is 11.8. The Kier molecular flexibility index (Phi) is 4.37. The maximum atomic E-state index is 12.4. The molecule has 0 atom stereocenters. The average Bonchev–Trinajstić information content (AvgIpc) is 2.81. The van der Waals surface area contributed by atoms with Crippen LogP contribution in [0.5, 0.6) is 0 Å². The van der Waals surface area contributed by atoms with Gasteiger partial charge in [-0.25, -0.2) is 10.4 Å². The number of nitrogens with one attached hydrogen (secondary N) is 1. The van der Waals surface area contributed by atoms with Gasteiger partial charge in [0.1, 0.15) is 11.2 Å². The molecule has 0 saturated carbocycles. The summed E-state index contributed by atoms with van der Waals surface area (Å²) in [5.41, 5.74) is 4.36. The van der Waals surface area contributed by atoms with Crippen LogP contribution in [0.3, 0.4) is 0 Å². The van der Waals surface area contributed by atoms with Gasteiger partial charge in [0.2, 0.25) is 0 Å². The van der Waals surface area contributed by atoms with Crippen molar-refractivity contribution in [3.05, 3.63) is 99.9 Å². The summed E-state index contributed by atoms with van der Waals surface area (Å²) in [6.45, 7) is 0. The molecule has 0 aromatic heterocycles. The van der Waals surface area contributed by atoms with E-state index >= 15 is 0 Å². The van der Waals surface area contributed by atoms with E-state index < -0.39 is 4.92 Å². The molecule has 5 rings (SSSR count). The van der Waals surface area contributed by atoms with Crippen molar-refractivity contribution in [2.75, 3.05) is 0 Å². The first kappa shape index (κ1) is 18.4. The van der Waals surface area contributed by atoms with Crippen molar-refractivity contribution >= 4 is 33.5 Å². The maximum absolute atomic E-state index is 12.4. The molecule has 31 heavy (non-hydrogen) atoms. The van der Waals surface area contributed by atoms with Gasteiger partial charge in [-0.05, 0) is 18.2 Å². The van der Waals surface area contributed by atoms with Crippen LogP contribution in [-0.2, 0) is 0 Å². The topological polar surface area (TPSA) is 111 Å². The Bertz CT molecular complexity index is 1510. The highest BCUT2D eigenvalue weighted by Crippen LogP contribution is 2.31. The van der Waals surface area contributed by atoms with Crippen LogP contribution in [0.25, 0.3) is 33.3 Å². The van der Waals surface area contributed by atoms with E-state index in [1.54, 1.807) is 30.3 Å². The van der Waals surface area contributed by atoms with Gasteiger partial charge in [0.05, 0.1) is 10.3 Å². The molecule has 1 heterocycles. The Morgan fingerprint density at radius 1 is 0.968 bits per heavy atom. The molecule has 3 aromatic carbocycles. The van der Waals surface area contributed by atoms with Gasteiger partial charge >= 0.3 is 0 Å². The fraction of sp³-hybridized carbons (Fsp3) is 0. The molecular weight excluding hydrogens is 396 g/mol. The summed E-state index contributed by atoms with van der Waals surface area (Å²) in [7, 11) is 0. The number of hydrogen-bond donors (Lipinski definition) is 1. The van der Waals surface area contributed by atoms with Gasteiger partial charge in [-0.1, -0.05) is 42.5 Å². The van der Waals surface area contributed by atoms with E-state index in [4.69, 9.17) is 4.42 Å². The molecule has 1 aliphatic carbocycles. The zero-order chi connectivity index (χ0) is 21.4. The van der Waals surface area contributed by atoms with Crippen LogP contribution >= 0.6 is 0 Å². The number of nitrogens with zero attached hydrogens (tertiary/aromatic N) is 3. The lowest BCUT2D eigenvalue weighted by molar-refractivity contribution is -0.384. The number of amides is 1. The summed E-state index contributed by atoms with van der Waals surface area (Å²) in [6, 6.07) is 22.2. The second-order valence-corrected chi connectivity index (χ2v) is 6.83. The van der Waals surface area contributed by atoms with Crippen LogP contribution in [-0.4, -0.2) is 15.8 Å². The summed E-state index contributed by atoms with van der Waals surface area (Å²) in [5, 5.41) is 17.4. The molecular formula is C23H14N4O4. The van der Waals surface area contributed by atoms with Crippen LogP contribution in [0, 0.1) is 10.1 Å². The van der Waals surface area contributed by atoms with Gasteiger partial charge in [0.15, 0.2) is 11.3 Å². The molecule has 1 amide bonds. The lowest BCUT2D eigenvalue weighted by Crippen LogP contribution is -2.21. The van der Waals surface area contributed by atoms with Crippen molar-refractivity contribution < 1.29 is 14.1 Å². The number of fused-ring (bicyclic) bond motifs is 4. The fourth-order valence-electron chi connectivity index (χ4n) is 3.40. The minimum atomic E-state index is -0.471. The van der Waals surface area contributed by atoms with Gasteiger partial charge in [0, 0.05) is 34.5 Å². The molecule has 8 heteroatoms. The van der Waals surface area contributed by atoms with Gasteiger partial charge < -0.3 is 4.42 Å². The minimum Gasteiger partial charge on any atom is -0.453 e. The van der Waals surface area contributed by atoms with Crippen molar-refractivity contribution in [1.29, 1.82) is 0 Å². The molecule has 0 unspecified atom stereocenters. The molecule has 1 aliphatic heterocycles. The van der Waals surface area contributed by atoms with E-state index in [1.807, 2.05) is 30.3 Å². The number of carbonyl (C=O) groups excluding carboxylic acids is 1. The highest BCUT2D eigenvalue weighted by Gasteiger charge is 2.17. The Hall–Kier alpha value is -4.59. The highest BCUT2D eigenvalue weighted by molar-refractivity contribution is 5.97. The Balaban J connectivity index is 1.69. The van der Waals surface area contributed by atoms with Crippen LogP contribution in [0.15, 0.2) is 88.4 Å². The standard InChI is InChI=1S/C23H14N4O4/c28-23(14-6-2-1-3-7-14)26-25-18-13-21-22(17-9-5-4-8-16(17)18)24-19-12-15(27(29)30)10-11-20(19)31-21/h1-13H,(H,26,28)/b25-18-. The first-order valence-corrected chi connectivity index (χ1v) is 9.40. The van der Waals surface area contributed by atoms with Crippen LogP contribution in [0.4, 0.5) is 5.69 Å². The average molecular weight is 410 g/mol. The molecule has 2 aliphatic rings. The van der Waals surface area contributed by atoms with Crippen LogP contribution < -0.4 is 10.8 Å². The van der Waals surface area contributed by atoms with E-state index in [0.717, 1.165) is 10.8 Å². The SMILES string of the molecule is O=C(N/N=c1/cc2oc3ccc([N+](=O)[O-])cc3nc-2c2ccccc12)c1ccccc1. The summed E-state index contributed by atoms with van der Waals surface area (Å²) >= 11 is 0. The van der Waals surface area contributed by atoms with E-state index in [9.17, 15) is 14.9 Å². The smallest absolute Gasteiger partial charge is 0.271 e. The number of rotatable bonds is 3. The third-order valence-corrected chi connectivity index (χ3v) is 4.88. The first-order chi connectivity index (χ1) is 15.1. The highest BCUT2D eigenvalue weighted by atomic mass is 16.6. The Labute approximate surface area is 175 Å². The number of nitro benzene ring substituents is 1. The van der Waals surface area contributed by atoms with Gasteiger partial charge in [-0.3, -0.25) is 14.9 Å².